The molecule has 62 valence electrons. The summed E-state index contributed by atoms with van der Waals surface area (Å²) in [6, 6.07) is 0. The summed E-state index contributed by atoms with van der Waals surface area (Å²) in [5, 5.41) is 0. The SMILES string of the molecule is SC1(C2=CCCC2)CCCC1. The van der Waals surface area contributed by atoms with E-state index >= 15 is 0 Å². The van der Waals surface area contributed by atoms with Gasteiger partial charge in [-0.3, -0.25) is 0 Å². The van der Waals surface area contributed by atoms with Crippen molar-refractivity contribution in [3.8, 4) is 0 Å². The van der Waals surface area contributed by atoms with Crippen LogP contribution in [0.3, 0.4) is 0 Å². The third-order valence-electron chi connectivity index (χ3n) is 3.07. The quantitative estimate of drug-likeness (QED) is 0.450. The van der Waals surface area contributed by atoms with Crippen LogP contribution in [0.25, 0.3) is 0 Å². The van der Waals surface area contributed by atoms with Crippen molar-refractivity contribution >= 4 is 12.6 Å². The molecule has 0 heterocycles. The minimum absolute atomic E-state index is 0.330. The number of hydrogen-bond acceptors (Lipinski definition) is 1. The fraction of sp³-hybridized carbons (Fsp3) is 0.800. The molecule has 2 rings (SSSR count). The normalized spacial score (nSPS) is 29.0. The highest BCUT2D eigenvalue weighted by Gasteiger charge is 2.33. The van der Waals surface area contributed by atoms with Gasteiger partial charge in [0.2, 0.25) is 0 Å². The maximum Gasteiger partial charge on any atom is 0.0338 e. The van der Waals surface area contributed by atoms with Crippen LogP contribution in [0.15, 0.2) is 11.6 Å². The van der Waals surface area contributed by atoms with E-state index in [9.17, 15) is 0 Å². The predicted molar refractivity (Wildman–Crippen MR) is 52.1 cm³/mol. The van der Waals surface area contributed by atoms with Crippen LogP contribution in [0.4, 0.5) is 0 Å². The summed E-state index contributed by atoms with van der Waals surface area (Å²) < 4.78 is 0.330. The van der Waals surface area contributed by atoms with E-state index in [4.69, 9.17) is 12.6 Å². The highest BCUT2D eigenvalue weighted by molar-refractivity contribution is 7.82. The molecule has 0 atom stereocenters. The van der Waals surface area contributed by atoms with E-state index in [0.717, 1.165) is 0 Å². The Labute approximate surface area is 74.5 Å². The molecule has 0 aromatic heterocycles. The van der Waals surface area contributed by atoms with Crippen LogP contribution in [0.5, 0.6) is 0 Å². The van der Waals surface area contributed by atoms with Gasteiger partial charge in [0.05, 0.1) is 0 Å². The predicted octanol–water partition coefficient (Wildman–Crippen LogP) is 3.34. The molecule has 0 aliphatic heterocycles. The van der Waals surface area contributed by atoms with Gasteiger partial charge < -0.3 is 0 Å². The summed E-state index contributed by atoms with van der Waals surface area (Å²) in [7, 11) is 0. The van der Waals surface area contributed by atoms with Gasteiger partial charge in [-0.25, -0.2) is 0 Å². The molecule has 2 aliphatic rings. The van der Waals surface area contributed by atoms with Crippen LogP contribution in [0.1, 0.15) is 44.9 Å². The van der Waals surface area contributed by atoms with Crippen molar-refractivity contribution in [2.75, 3.05) is 0 Å². The van der Waals surface area contributed by atoms with E-state index in [1.807, 2.05) is 0 Å². The first-order valence-corrected chi connectivity index (χ1v) is 5.18. The molecule has 0 amide bonds. The molecule has 0 spiro atoms. The summed E-state index contributed by atoms with van der Waals surface area (Å²) >= 11 is 4.81. The highest BCUT2D eigenvalue weighted by atomic mass is 32.1. The molecule has 1 fully saturated rings. The lowest BCUT2D eigenvalue weighted by Gasteiger charge is -2.24. The first-order valence-electron chi connectivity index (χ1n) is 4.73. The Balaban J connectivity index is 2.12. The van der Waals surface area contributed by atoms with Crippen LogP contribution in [-0.2, 0) is 0 Å². The first kappa shape index (κ1) is 7.72. The number of rotatable bonds is 1. The van der Waals surface area contributed by atoms with Gasteiger partial charge in [0.25, 0.3) is 0 Å². The lowest BCUT2D eigenvalue weighted by molar-refractivity contribution is 0.680. The van der Waals surface area contributed by atoms with E-state index in [-0.39, 0.29) is 0 Å². The Bertz CT molecular complexity index is 175. The largest absolute Gasteiger partial charge is 0.168 e. The Morgan fingerprint density at radius 2 is 1.91 bits per heavy atom. The molecule has 1 heteroatoms. The summed E-state index contributed by atoms with van der Waals surface area (Å²) in [5.74, 6) is 0. The number of thiol groups is 1. The maximum atomic E-state index is 4.81. The van der Waals surface area contributed by atoms with Gasteiger partial charge in [-0.15, -0.1) is 0 Å². The zero-order chi connectivity index (χ0) is 7.73. The summed E-state index contributed by atoms with van der Waals surface area (Å²) in [5.41, 5.74) is 1.65. The molecule has 0 aromatic carbocycles. The average Bonchev–Trinajstić information content (AvgIpc) is 2.55. The molecule has 0 bridgehead atoms. The van der Waals surface area contributed by atoms with Crippen LogP contribution in [0, 0.1) is 0 Å². The molecular formula is C10H16S. The monoisotopic (exact) mass is 168 g/mol. The van der Waals surface area contributed by atoms with Crippen molar-refractivity contribution in [3.63, 3.8) is 0 Å². The van der Waals surface area contributed by atoms with Crippen molar-refractivity contribution in [2.24, 2.45) is 0 Å². The van der Waals surface area contributed by atoms with Crippen molar-refractivity contribution in [3.05, 3.63) is 11.6 Å². The van der Waals surface area contributed by atoms with Crippen LogP contribution < -0.4 is 0 Å². The standard InChI is InChI=1S/C10H16S/c11-10(7-3-4-8-10)9-5-1-2-6-9/h5,11H,1-4,6-8H2. The van der Waals surface area contributed by atoms with Gasteiger partial charge in [0.15, 0.2) is 0 Å². The second kappa shape index (κ2) is 2.85. The van der Waals surface area contributed by atoms with Crippen molar-refractivity contribution in [1.82, 2.24) is 0 Å². The van der Waals surface area contributed by atoms with Gasteiger partial charge in [0, 0.05) is 4.75 Å². The van der Waals surface area contributed by atoms with E-state index < -0.39 is 0 Å². The summed E-state index contributed by atoms with van der Waals surface area (Å²) in [6.07, 6.45) is 11.8. The third kappa shape index (κ3) is 1.35. The van der Waals surface area contributed by atoms with Crippen LogP contribution >= 0.6 is 12.6 Å². The molecule has 0 radical (unpaired) electrons. The summed E-state index contributed by atoms with van der Waals surface area (Å²) in [4.78, 5) is 0. The molecule has 0 saturated heterocycles. The Morgan fingerprint density at radius 3 is 2.45 bits per heavy atom. The fourth-order valence-corrected chi connectivity index (χ4v) is 2.89. The van der Waals surface area contributed by atoms with Crippen LogP contribution in [-0.4, -0.2) is 4.75 Å². The van der Waals surface area contributed by atoms with E-state index in [1.54, 1.807) is 5.57 Å². The zero-order valence-corrected chi connectivity index (χ0v) is 7.87. The van der Waals surface area contributed by atoms with Crippen LogP contribution in [0.2, 0.25) is 0 Å². The maximum absolute atomic E-state index is 4.81. The molecule has 0 nitrogen and oxygen atoms in total. The molecule has 2 aliphatic carbocycles. The fourth-order valence-electron chi connectivity index (χ4n) is 2.37. The zero-order valence-electron chi connectivity index (χ0n) is 6.97. The lowest BCUT2D eigenvalue weighted by atomic mass is 9.96. The highest BCUT2D eigenvalue weighted by Crippen LogP contribution is 2.44. The van der Waals surface area contributed by atoms with Gasteiger partial charge in [-0.2, -0.15) is 12.6 Å². The topological polar surface area (TPSA) is 0 Å². The van der Waals surface area contributed by atoms with E-state index in [0.29, 0.717) is 4.75 Å². The molecule has 0 unspecified atom stereocenters. The smallest absolute Gasteiger partial charge is 0.0338 e. The Hall–Kier alpha value is 0.0900. The molecule has 0 N–H and O–H groups in total. The van der Waals surface area contributed by atoms with Gasteiger partial charge in [0.1, 0.15) is 0 Å². The molecular weight excluding hydrogens is 152 g/mol. The third-order valence-corrected chi connectivity index (χ3v) is 3.80. The minimum Gasteiger partial charge on any atom is -0.168 e. The second-order valence-corrected chi connectivity index (χ2v) is 4.72. The minimum atomic E-state index is 0.330. The second-order valence-electron chi connectivity index (χ2n) is 3.86. The molecule has 0 aromatic rings. The lowest BCUT2D eigenvalue weighted by Crippen LogP contribution is -2.18. The first-order chi connectivity index (χ1) is 5.31. The van der Waals surface area contributed by atoms with Gasteiger partial charge >= 0.3 is 0 Å². The molecule has 11 heavy (non-hydrogen) atoms. The van der Waals surface area contributed by atoms with Gasteiger partial charge in [-0.05, 0) is 32.1 Å². The Morgan fingerprint density at radius 1 is 1.18 bits per heavy atom. The van der Waals surface area contributed by atoms with Crippen molar-refractivity contribution in [1.29, 1.82) is 0 Å². The van der Waals surface area contributed by atoms with E-state index in [1.165, 1.54) is 44.9 Å². The number of hydrogen-bond donors (Lipinski definition) is 1. The van der Waals surface area contributed by atoms with E-state index in [2.05, 4.69) is 6.08 Å². The van der Waals surface area contributed by atoms with Crippen molar-refractivity contribution < 1.29 is 0 Å². The summed E-state index contributed by atoms with van der Waals surface area (Å²) in [6.45, 7) is 0. The number of allylic oxidation sites excluding steroid dienone is 1. The molecule has 1 saturated carbocycles. The Kier molecular flexibility index (Phi) is 2.00. The van der Waals surface area contributed by atoms with Gasteiger partial charge in [-0.1, -0.05) is 24.5 Å². The average molecular weight is 168 g/mol. The van der Waals surface area contributed by atoms with Crippen molar-refractivity contribution in [2.45, 2.75) is 49.7 Å².